The summed E-state index contributed by atoms with van der Waals surface area (Å²) < 4.78 is 16.9. The van der Waals surface area contributed by atoms with Gasteiger partial charge in [0.2, 0.25) is 0 Å². The third kappa shape index (κ3) is 3.08. The van der Waals surface area contributed by atoms with Crippen LogP contribution in [0.3, 0.4) is 0 Å². The van der Waals surface area contributed by atoms with Gasteiger partial charge in [-0.1, -0.05) is 4.67 Å². The molecule has 0 rings (SSSR count). The molecule has 1 atom stereocenters. The maximum Gasteiger partial charge on any atom is 0.615 e. The molecule has 0 N–H and O–H groups in total. The summed E-state index contributed by atoms with van der Waals surface area (Å²) in [5.74, 6) is 0. The van der Waals surface area contributed by atoms with Gasteiger partial charge in [-0.3, -0.25) is 0 Å². The molecule has 0 aliphatic rings. The van der Waals surface area contributed by atoms with Gasteiger partial charge in [0.15, 0.2) is 0 Å². The molecule has 1 unspecified atom stereocenters. The molecule has 0 aromatic carbocycles. The predicted octanol–water partition coefficient (Wildman–Crippen LogP) is 1.24. The molecule has 0 heterocycles. The van der Waals surface area contributed by atoms with Crippen molar-refractivity contribution in [2.24, 2.45) is 0 Å². The van der Waals surface area contributed by atoms with Gasteiger partial charge in [0, 0.05) is 14.1 Å². The van der Waals surface area contributed by atoms with Crippen molar-refractivity contribution in [1.82, 2.24) is 4.67 Å². The molecular weight excluding hydrogens is 125 g/mol. The smallest absolute Gasteiger partial charge is 0.130 e. The Morgan fingerprint density at radius 1 is 1.62 bits per heavy atom. The summed E-state index contributed by atoms with van der Waals surface area (Å²) in [6.07, 6.45) is 0. The molecule has 0 fully saturated rings. The summed E-state index contributed by atoms with van der Waals surface area (Å²) in [5.41, 5.74) is 0. The molecule has 0 aromatic heterocycles. The lowest BCUT2D eigenvalue weighted by atomic mass is 10.9. The van der Waals surface area contributed by atoms with E-state index in [9.17, 15) is 4.57 Å². The van der Waals surface area contributed by atoms with Crippen molar-refractivity contribution in [3.8, 4) is 0 Å². The highest BCUT2D eigenvalue weighted by Gasteiger charge is 2.19. The molecule has 48 valence electrons. The van der Waals surface area contributed by atoms with Gasteiger partial charge >= 0.3 is 8.18 Å². The van der Waals surface area contributed by atoms with E-state index in [1.807, 2.05) is 6.92 Å². The maximum atomic E-state index is 10.6. The highest BCUT2D eigenvalue weighted by atomic mass is 31.1. The Hall–Kier alpha value is 0.0200. The fourth-order valence-corrected chi connectivity index (χ4v) is 0.678. The summed E-state index contributed by atoms with van der Waals surface area (Å²) >= 11 is 0. The zero-order valence-electron chi connectivity index (χ0n) is 5.42. The number of rotatable bonds is 3. The molecule has 4 heteroatoms. The number of hydrogen-bond acceptors (Lipinski definition) is 2. The second kappa shape index (κ2) is 3.96. The molecule has 8 heavy (non-hydrogen) atoms. The first-order valence-corrected chi connectivity index (χ1v) is 3.59. The SMILES string of the molecule is CCO[P+](=O)N(C)C. The van der Waals surface area contributed by atoms with Crippen LogP contribution in [0.15, 0.2) is 0 Å². The van der Waals surface area contributed by atoms with E-state index in [2.05, 4.69) is 0 Å². The largest absolute Gasteiger partial charge is 0.615 e. The molecule has 0 saturated heterocycles. The van der Waals surface area contributed by atoms with Crippen molar-refractivity contribution in [3.63, 3.8) is 0 Å². The lowest BCUT2D eigenvalue weighted by molar-refractivity contribution is 0.319. The van der Waals surface area contributed by atoms with Crippen molar-refractivity contribution in [3.05, 3.63) is 0 Å². The highest BCUT2D eigenvalue weighted by molar-refractivity contribution is 7.36. The second-order valence-corrected chi connectivity index (χ2v) is 3.04. The normalized spacial score (nSPS) is 12.2. The fourth-order valence-electron chi connectivity index (χ4n) is 0.226. The standard InChI is InChI=1S/C4H11NO2P/c1-4-7-8(6)5(2)3/h4H2,1-3H3/q+1. The summed E-state index contributed by atoms with van der Waals surface area (Å²) in [7, 11) is 1.88. The van der Waals surface area contributed by atoms with Gasteiger partial charge in [0.05, 0.1) is 0 Å². The Balaban J connectivity index is 3.33. The predicted molar refractivity (Wildman–Crippen MR) is 32.9 cm³/mol. The molecule has 0 radical (unpaired) electrons. The van der Waals surface area contributed by atoms with E-state index < -0.39 is 8.18 Å². The van der Waals surface area contributed by atoms with Gasteiger partial charge in [-0.25, -0.2) is 0 Å². The van der Waals surface area contributed by atoms with E-state index in [0.29, 0.717) is 6.61 Å². The monoisotopic (exact) mass is 136 g/mol. The second-order valence-electron chi connectivity index (χ2n) is 1.50. The Bertz CT molecular complexity index is 84.1. The lowest BCUT2D eigenvalue weighted by Gasteiger charge is -1.89. The van der Waals surface area contributed by atoms with Crippen LogP contribution in [0.5, 0.6) is 0 Å². The van der Waals surface area contributed by atoms with Crippen LogP contribution in [0.1, 0.15) is 6.92 Å². The van der Waals surface area contributed by atoms with Gasteiger partial charge in [0.25, 0.3) is 0 Å². The molecular formula is C4H11NO2P+. The van der Waals surface area contributed by atoms with Crippen molar-refractivity contribution in [1.29, 1.82) is 0 Å². The van der Waals surface area contributed by atoms with E-state index in [1.54, 1.807) is 18.8 Å². The van der Waals surface area contributed by atoms with Gasteiger partial charge in [0.1, 0.15) is 6.61 Å². The van der Waals surface area contributed by atoms with Crippen LogP contribution < -0.4 is 0 Å². The van der Waals surface area contributed by atoms with Gasteiger partial charge in [-0.05, 0) is 11.5 Å². The zero-order chi connectivity index (χ0) is 6.57. The summed E-state index contributed by atoms with van der Waals surface area (Å²) in [5, 5.41) is 0. The quantitative estimate of drug-likeness (QED) is 0.546. The van der Waals surface area contributed by atoms with Crippen LogP contribution in [0, 0.1) is 0 Å². The maximum absolute atomic E-state index is 10.6. The van der Waals surface area contributed by atoms with E-state index >= 15 is 0 Å². The Morgan fingerprint density at radius 2 is 2.12 bits per heavy atom. The molecule has 0 spiro atoms. The van der Waals surface area contributed by atoms with E-state index in [0.717, 1.165) is 0 Å². The number of nitrogens with zero attached hydrogens (tertiary/aromatic N) is 1. The van der Waals surface area contributed by atoms with E-state index in [4.69, 9.17) is 4.52 Å². The van der Waals surface area contributed by atoms with E-state index in [1.165, 1.54) is 0 Å². The zero-order valence-corrected chi connectivity index (χ0v) is 6.31. The van der Waals surface area contributed by atoms with Crippen LogP contribution in [0.2, 0.25) is 0 Å². The first-order valence-electron chi connectivity index (χ1n) is 2.46. The Kier molecular flexibility index (Phi) is 3.97. The van der Waals surface area contributed by atoms with Crippen LogP contribution in [-0.2, 0) is 9.09 Å². The molecule has 0 bridgehead atoms. The fraction of sp³-hybridized carbons (Fsp3) is 1.00. The average Bonchev–Trinajstić information content (AvgIpc) is 1.67. The minimum Gasteiger partial charge on any atom is -0.130 e. The topological polar surface area (TPSA) is 29.5 Å². The minimum atomic E-state index is -1.56. The summed E-state index contributed by atoms with van der Waals surface area (Å²) in [4.78, 5) is 0. The lowest BCUT2D eigenvalue weighted by Crippen LogP contribution is -2.00. The van der Waals surface area contributed by atoms with Crippen LogP contribution >= 0.6 is 8.18 Å². The van der Waals surface area contributed by atoms with Crippen molar-refractivity contribution in [2.75, 3.05) is 20.7 Å². The van der Waals surface area contributed by atoms with Gasteiger partial charge in [-0.2, -0.15) is 0 Å². The molecule has 0 amide bonds. The Labute approximate surface area is 50.6 Å². The Morgan fingerprint density at radius 3 is 2.25 bits per heavy atom. The summed E-state index contributed by atoms with van der Waals surface area (Å²) in [6, 6.07) is 0. The van der Waals surface area contributed by atoms with E-state index in [-0.39, 0.29) is 0 Å². The minimum absolute atomic E-state index is 0.507. The highest BCUT2D eigenvalue weighted by Crippen LogP contribution is 2.22. The molecule has 0 aromatic rings. The van der Waals surface area contributed by atoms with Crippen molar-refractivity contribution in [2.45, 2.75) is 6.92 Å². The third-order valence-electron chi connectivity index (χ3n) is 0.566. The van der Waals surface area contributed by atoms with Gasteiger partial charge < -0.3 is 0 Å². The molecule has 0 aliphatic heterocycles. The first kappa shape index (κ1) is 8.02. The van der Waals surface area contributed by atoms with Gasteiger partial charge in [-0.15, -0.1) is 4.52 Å². The molecule has 0 aliphatic carbocycles. The van der Waals surface area contributed by atoms with Crippen molar-refractivity contribution >= 4 is 8.18 Å². The first-order chi connectivity index (χ1) is 3.68. The van der Waals surface area contributed by atoms with Crippen molar-refractivity contribution < 1.29 is 9.09 Å². The average molecular weight is 136 g/mol. The van der Waals surface area contributed by atoms with Crippen LogP contribution in [-0.4, -0.2) is 25.4 Å². The summed E-state index contributed by atoms with van der Waals surface area (Å²) in [6.45, 7) is 2.32. The molecule has 0 saturated carbocycles. The molecule has 3 nitrogen and oxygen atoms in total. The third-order valence-corrected chi connectivity index (χ3v) is 1.70. The van der Waals surface area contributed by atoms with Crippen LogP contribution in [0.25, 0.3) is 0 Å². The van der Waals surface area contributed by atoms with Crippen LogP contribution in [0.4, 0.5) is 0 Å². The number of hydrogen-bond donors (Lipinski definition) is 0.